The van der Waals surface area contributed by atoms with Crippen molar-refractivity contribution < 1.29 is 13.6 Å². The molecule has 0 aromatic heterocycles. The standard InChI is InChI=1S/C13H17F2NO/c1-3-5-6-13(17)16(4-2)10-7-8-11(14)12(15)9-10/h7-9H,3-6H2,1-2H3. The Hall–Kier alpha value is -1.45. The highest BCUT2D eigenvalue weighted by Crippen LogP contribution is 2.19. The number of nitrogens with zero attached hydrogens (tertiary/aromatic N) is 1. The van der Waals surface area contributed by atoms with E-state index in [1.165, 1.54) is 11.0 Å². The number of unbranched alkanes of at least 4 members (excludes halogenated alkanes) is 1. The normalized spacial score (nSPS) is 10.4. The Balaban J connectivity index is 2.85. The van der Waals surface area contributed by atoms with Crippen molar-refractivity contribution in [3.05, 3.63) is 29.8 Å². The highest BCUT2D eigenvalue weighted by molar-refractivity contribution is 5.93. The highest BCUT2D eigenvalue weighted by Gasteiger charge is 2.14. The maximum Gasteiger partial charge on any atom is 0.226 e. The van der Waals surface area contributed by atoms with E-state index in [1.807, 2.05) is 13.8 Å². The van der Waals surface area contributed by atoms with Crippen LogP contribution in [0.2, 0.25) is 0 Å². The van der Waals surface area contributed by atoms with Gasteiger partial charge in [0.1, 0.15) is 0 Å². The summed E-state index contributed by atoms with van der Waals surface area (Å²) in [5.41, 5.74) is 0.410. The Morgan fingerprint density at radius 2 is 1.94 bits per heavy atom. The molecule has 0 atom stereocenters. The van der Waals surface area contributed by atoms with Crippen LogP contribution in [0, 0.1) is 11.6 Å². The molecule has 0 bridgehead atoms. The van der Waals surface area contributed by atoms with E-state index in [2.05, 4.69) is 0 Å². The lowest BCUT2D eigenvalue weighted by molar-refractivity contribution is -0.118. The van der Waals surface area contributed by atoms with Crippen LogP contribution < -0.4 is 4.90 Å². The summed E-state index contributed by atoms with van der Waals surface area (Å²) in [5.74, 6) is -1.88. The number of hydrogen-bond donors (Lipinski definition) is 0. The molecule has 0 aliphatic heterocycles. The lowest BCUT2D eigenvalue weighted by Crippen LogP contribution is -2.30. The average molecular weight is 241 g/mol. The molecule has 1 amide bonds. The fourth-order valence-electron chi connectivity index (χ4n) is 1.62. The third kappa shape index (κ3) is 3.51. The molecular formula is C13H17F2NO. The van der Waals surface area contributed by atoms with Gasteiger partial charge in [-0.05, 0) is 25.5 Å². The van der Waals surface area contributed by atoms with E-state index < -0.39 is 11.6 Å². The molecule has 1 rings (SSSR count). The molecule has 0 radical (unpaired) electrons. The lowest BCUT2D eigenvalue weighted by Gasteiger charge is -2.21. The molecule has 2 nitrogen and oxygen atoms in total. The van der Waals surface area contributed by atoms with Crippen LogP contribution in [0.4, 0.5) is 14.5 Å². The van der Waals surface area contributed by atoms with Crippen LogP contribution in [0.15, 0.2) is 18.2 Å². The van der Waals surface area contributed by atoms with Crippen molar-refractivity contribution in [1.82, 2.24) is 0 Å². The molecule has 0 aliphatic carbocycles. The summed E-state index contributed by atoms with van der Waals surface area (Å²) in [4.78, 5) is 13.3. The Bertz CT molecular complexity index is 393. The van der Waals surface area contributed by atoms with Crippen LogP contribution in [0.3, 0.4) is 0 Å². The zero-order chi connectivity index (χ0) is 12.8. The number of hydrogen-bond acceptors (Lipinski definition) is 1. The minimum atomic E-state index is -0.927. The average Bonchev–Trinajstić information content (AvgIpc) is 2.32. The van der Waals surface area contributed by atoms with Crippen LogP contribution in [0.5, 0.6) is 0 Å². The minimum absolute atomic E-state index is 0.0552. The van der Waals surface area contributed by atoms with Gasteiger partial charge in [0, 0.05) is 24.7 Å². The van der Waals surface area contributed by atoms with Gasteiger partial charge in [-0.3, -0.25) is 4.79 Å². The van der Waals surface area contributed by atoms with Gasteiger partial charge in [-0.2, -0.15) is 0 Å². The first kappa shape index (κ1) is 13.6. The van der Waals surface area contributed by atoms with Gasteiger partial charge in [-0.1, -0.05) is 13.3 Å². The number of carbonyl (C=O) groups excluding carboxylic acids is 1. The van der Waals surface area contributed by atoms with Gasteiger partial charge in [-0.25, -0.2) is 8.78 Å². The second-order valence-corrected chi connectivity index (χ2v) is 3.84. The van der Waals surface area contributed by atoms with Crippen molar-refractivity contribution in [2.75, 3.05) is 11.4 Å². The van der Waals surface area contributed by atoms with Gasteiger partial charge in [0.15, 0.2) is 11.6 Å². The first-order valence-corrected chi connectivity index (χ1v) is 5.85. The molecule has 4 heteroatoms. The highest BCUT2D eigenvalue weighted by atomic mass is 19.2. The molecule has 0 heterocycles. The van der Waals surface area contributed by atoms with E-state index in [1.54, 1.807) is 0 Å². The van der Waals surface area contributed by atoms with Gasteiger partial charge >= 0.3 is 0 Å². The van der Waals surface area contributed by atoms with Crippen LogP contribution in [0.1, 0.15) is 33.1 Å². The third-order valence-electron chi connectivity index (χ3n) is 2.58. The summed E-state index contributed by atoms with van der Waals surface area (Å²) in [6.45, 7) is 4.26. The maximum absolute atomic E-state index is 13.1. The summed E-state index contributed by atoms with van der Waals surface area (Å²) in [6.07, 6.45) is 2.17. The Morgan fingerprint density at radius 3 is 2.47 bits per heavy atom. The topological polar surface area (TPSA) is 20.3 Å². The van der Waals surface area contributed by atoms with Crippen molar-refractivity contribution in [1.29, 1.82) is 0 Å². The molecule has 1 aromatic rings. The van der Waals surface area contributed by atoms with Gasteiger partial charge in [0.25, 0.3) is 0 Å². The Labute approximate surface area is 100 Å². The Kier molecular flexibility index (Phi) is 5.07. The summed E-state index contributed by atoms with van der Waals surface area (Å²) in [6, 6.07) is 3.52. The summed E-state index contributed by atoms with van der Waals surface area (Å²) < 4.78 is 25.9. The lowest BCUT2D eigenvalue weighted by atomic mass is 10.2. The monoisotopic (exact) mass is 241 g/mol. The first-order valence-electron chi connectivity index (χ1n) is 5.85. The van der Waals surface area contributed by atoms with Gasteiger partial charge in [-0.15, -0.1) is 0 Å². The van der Waals surface area contributed by atoms with E-state index >= 15 is 0 Å². The molecule has 0 saturated heterocycles. The molecule has 0 saturated carbocycles. The number of anilines is 1. The van der Waals surface area contributed by atoms with Crippen molar-refractivity contribution >= 4 is 11.6 Å². The smallest absolute Gasteiger partial charge is 0.226 e. The Morgan fingerprint density at radius 1 is 1.24 bits per heavy atom. The summed E-state index contributed by atoms with van der Waals surface area (Å²) >= 11 is 0. The van der Waals surface area contributed by atoms with Crippen molar-refractivity contribution in [2.24, 2.45) is 0 Å². The van der Waals surface area contributed by atoms with Crippen molar-refractivity contribution in [3.63, 3.8) is 0 Å². The molecular weight excluding hydrogens is 224 g/mol. The van der Waals surface area contributed by atoms with E-state index in [9.17, 15) is 13.6 Å². The van der Waals surface area contributed by atoms with Gasteiger partial charge in [0.05, 0.1) is 0 Å². The van der Waals surface area contributed by atoms with E-state index in [0.29, 0.717) is 18.7 Å². The summed E-state index contributed by atoms with van der Waals surface area (Å²) in [7, 11) is 0. The van der Waals surface area contributed by atoms with E-state index in [-0.39, 0.29) is 5.91 Å². The molecule has 0 unspecified atom stereocenters. The third-order valence-corrected chi connectivity index (χ3v) is 2.58. The van der Waals surface area contributed by atoms with Crippen LogP contribution in [-0.2, 0) is 4.79 Å². The number of carbonyl (C=O) groups is 1. The molecule has 0 N–H and O–H groups in total. The predicted molar refractivity (Wildman–Crippen MR) is 63.9 cm³/mol. The van der Waals surface area contributed by atoms with Crippen molar-refractivity contribution in [2.45, 2.75) is 33.1 Å². The van der Waals surface area contributed by atoms with Crippen LogP contribution in [-0.4, -0.2) is 12.5 Å². The zero-order valence-corrected chi connectivity index (χ0v) is 10.2. The fraction of sp³-hybridized carbons (Fsp3) is 0.462. The summed E-state index contributed by atoms with van der Waals surface area (Å²) in [5, 5.41) is 0. The van der Waals surface area contributed by atoms with Crippen molar-refractivity contribution in [3.8, 4) is 0 Å². The van der Waals surface area contributed by atoms with E-state index in [0.717, 1.165) is 25.0 Å². The molecule has 1 aromatic carbocycles. The number of rotatable bonds is 5. The number of benzene rings is 1. The maximum atomic E-state index is 13.1. The SMILES string of the molecule is CCCCC(=O)N(CC)c1ccc(F)c(F)c1. The van der Waals surface area contributed by atoms with Crippen LogP contribution >= 0.6 is 0 Å². The molecule has 0 aliphatic rings. The van der Waals surface area contributed by atoms with Crippen LogP contribution in [0.25, 0.3) is 0 Å². The number of amides is 1. The minimum Gasteiger partial charge on any atom is -0.313 e. The van der Waals surface area contributed by atoms with E-state index in [4.69, 9.17) is 0 Å². The first-order chi connectivity index (χ1) is 8.10. The second-order valence-electron chi connectivity index (χ2n) is 3.84. The van der Waals surface area contributed by atoms with Gasteiger partial charge < -0.3 is 4.90 Å². The zero-order valence-electron chi connectivity index (χ0n) is 10.2. The predicted octanol–water partition coefficient (Wildman–Crippen LogP) is 3.51. The second kappa shape index (κ2) is 6.33. The quantitative estimate of drug-likeness (QED) is 0.772. The number of halogens is 2. The fourth-order valence-corrected chi connectivity index (χ4v) is 1.62. The molecule has 94 valence electrons. The molecule has 0 spiro atoms. The van der Waals surface area contributed by atoms with Gasteiger partial charge in [0.2, 0.25) is 5.91 Å². The molecule has 17 heavy (non-hydrogen) atoms. The largest absolute Gasteiger partial charge is 0.313 e. The molecule has 0 fully saturated rings.